The standard InChI is InChI=1S/C21H18OSi/c1-22-23(19-14-13-16-7-2-3-9-18(16)15-19)21-12-6-10-17-8-4-5-11-20(17)21/h2-15,23H,1H3. The molecule has 0 heterocycles. The second-order valence-electron chi connectivity index (χ2n) is 5.79. The molecule has 0 saturated heterocycles. The summed E-state index contributed by atoms with van der Waals surface area (Å²) in [6, 6.07) is 30.3. The third-order valence-corrected chi connectivity index (χ3v) is 6.92. The van der Waals surface area contributed by atoms with Crippen molar-refractivity contribution in [1.29, 1.82) is 0 Å². The SMILES string of the molecule is CO[SiH](c1ccc2ccccc2c1)c1cccc2ccccc12. The summed E-state index contributed by atoms with van der Waals surface area (Å²) in [4.78, 5) is 0. The Morgan fingerprint density at radius 1 is 0.652 bits per heavy atom. The molecule has 0 N–H and O–H groups in total. The number of rotatable bonds is 3. The van der Waals surface area contributed by atoms with Gasteiger partial charge in [0.05, 0.1) is 0 Å². The molecule has 0 radical (unpaired) electrons. The van der Waals surface area contributed by atoms with E-state index >= 15 is 0 Å². The maximum absolute atomic E-state index is 6.02. The molecule has 0 aliphatic rings. The molecular weight excluding hydrogens is 296 g/mol. The van der Waals surface area contributed by atoms with Gasteiger partial charge in [-0.3, -0.25) is 0 Å². The molecule has 0 fully saturated rings. The molecule has 0 aliphatic heterocycles. The number of hydrogen-bond donors (Lipinski definition) is 0. The van der Waals surface area contributed by atoms with Gasteiger partial charge >= 0.3 is 0 Å². The van der Waals surface area contributed by atoms with E-state index in [2.05, 4.69) is 84.9 Å². The smallest absolute Gasteiger partial charge is 0.239 e. The molecule has 0 spiro atoms. The number of fused-ring (bicyclic) bond motifs is 2. The average Bonchev–Trinajstić information content (AvgIpc) is 2.62. The van der Waals surface area contributed by atoms with E-state index in [0.29, 0.717) is 0 Å². The van der Waals surface area contributed by atoms with E-state index in [1.165, 1.54) is 31.9 Å². The summed E-state index contributed by atoms with van der Waals surface area (Å²) in [6.07, 6.45) is 0. The molecule has 0 saturated carbocycles. The predicted molar refractivity (Wildman–Crippen MR) is 101 cm³/mol. The molecule has 0 amide bonds. The van der Waals surface area contributed by atoms with E-state index in [1.807, 2.05) is 7.11 Å². The minimum Gasteiger partial charge on any atom is -0.414 e. The molecule has 1 nitrogen and oxygen atoms in total. The Morgan fingerprint density at radius 3 is 2.17 bits per heavy atom. The van der Waals surface area contributed by atoms with Gasteiger partial charge in [-0.15, -0.1) is 0 Å². The van der Waals surface area contributed by atoms with Gasteiger partial charge in [-0.1, -0.05) is 84.9 Å². The van der Waals surface area contributed by atoms with Crippen LogP contribution in [0.3, 0.4) is 0 Å². The van der Waals surface area contributed by atoms with Crippen molar-refractivity contribution in [2.75, 3.05) is 7.11 Å². The minimum atomic E-state index is -1.69. The van der Waals surface area contributed by atoms with Gasteiger partial charge in [0.2, 0.25) is 9.04 Å². The molecule has 4 aromatic carbocycles. The molecule has 1 unspecified atom stereocenters. The third-order valence-electron chi connectivity index (χ3n) is 4.42. The van der Waals surface area contributed by atoms with Crippen LogP contribution in [0.25, 0.3) is 21.5 Å². The maximum atomic E-state index is 6.02. The monoisotopic (exact) mass is 314 g/mol. The van der Waals surface area contributed by atoms with Crippen molar-refractivity contribution in [3.8, 4) is 0 Å². The topological polar surface area (TPSA) is 9.23 Å². The van der Waals surface area contributed by atoms with E-state index in [0.717, 1.165) is 0 Å². The van der Waals surface area contributed by atoms with Crippen molar-refractivity contribution in [3.05, 3.63) is 84.9 Å². The van der Waals surface area contributed by atoms with Gasteiger partial charge in [-0.05, 0) is 31.9 Å². The van der Waals surface area contributed by atoms with Gasteiger partial charge in [0.15, 0.2) is 0 Å². The van der Waals surface area contributed by atoms with Crippen molar-refractivity contribution < 1.29 is 4.43 Å². The summed E-state index contributed by atoms with van der Waals surface area (Å²) < 4.78 is 6.02. The van der Waals surface area contributed by atoms with Gasteiger partial charge < -0.3 is 4.43 Å². The Hall–Kier alpha value is -2.42. The largest absolute Gasteiger partial charge is 0.414 e. The van der Waals surface area contributed by atoms with Crippen molar-refractivity contribution in [2.24, 2.45) is 0 Å². The predicted octanol–water partition coefficient (Wildman–Crippen LogP) is 3.48. The molecule has 112 valence electrons. The summed E-state index contributed by atoms with van der Waals surface area (Å²) in [6.45, 7) is 0. The maximum Gasteiger partial charge on any atom is 0.239 e. The first-order chi connectivity index (χ1) is 11.4. The van der Waals surface area contributed by atoms with Gasteiger partial charge in [-0.25, -0.2) is 0 Å². The summed E-state index contributed by atoms with van der Waals surface area (Å²) in [5.74, 6) is 0. The molecule has 0 aromatic heterocycles. The van der Waals surface area contributed by atoms with Gasteiger partial charge in [0, 0.05) is 7.11 Å². The lowest BCUT2D eigenvalue weighted by Crippen LogP contribution is -2.44. The van der Waals surface area contributed by atoms with Crippen LogP contribution in [-0.2, 0) is 4.43 Å². The molecule has 4 aromatic rings. The van der Waals surface area contributed by atoms with E-state index in [-0.39, 0.29) is 0 Å². The highest BCUT2D eigenvalue weighted by molar-refractivity contribution is 6.82. The average molecular weight is 314 g/mol. The van der Waals surface area contributed by atoms with Gasteiger partial charge in [0.1, 0.15) is 0 Å². The zero-order valence-electron chi connectivity index (χ0n) is 13.1. The highest BCUT2D eigenvalue weighted by atomic mass is 28.3. The number of hydrogen-bond acceptors (Lipinski definition) is 1. The summed E-state index contributed by atoms with van der Waals surface area (Å²) in [7, 11) is 0.154. The second-order valence-corrected chi connectivity index (χ2v) is 8.31. The van der Waals surface area contributed by atoms with Crippen LogP contribution in [0.5, 0.6) is 0 Å². The fraction of sp³-hybridized carbons (Fsp3) is 0.0476. The Labute approximate surface area is 137 Å². The van der Waals surface area contributed by atoms with Crippen LogP contribution in [-0.4, -0.2) is 16.2 Å². The van der Waals surface area contributed by atoms with E-state index < -0.39 is 9.04 Å². The van der Waals surface area contributed by atoms with Crippen LogP contribution >= 0.6 is 0 Å². The van der Waals surface area contributed by atoms with Crippen molar-refractivity contribution in [3.63, 3.8) is 0 Å². The fourth-order valence-electron chi connectivity index (χ4n) is 3.29. The molecular formula is C21H18OSi. The van der Waals surface area contributed by atoms with Crippen LogP contribution in [0.1, 0.15) is 0 Å². The van der Waals surface area contributed by atoms with Crippen LogP contribution in [0.4, 0.5) is 0 Å². The lowest BCUT2D eigenvalue weighted by molar-refractivity contribution is 0.439. The third kappa shape index (κ3) is 2.56. The summed E-state index contributed by atoms with van der Waals surface area (Å²) in [5.41, 5.74) is 0. The van der Waals surface area contributed by atoms with Crippen molar-refractivity contribution in [1.82, 2.24) is 0 Å². The molecule has 0 bridgehead atoms. The second kappa shape index (κ2) is 5.99. The molecule has 23 heavy (non-hydrogen) atoms. The minimum absolute atomic E-state index is 1.28. The van der Waals surface area contributed by atoms with Crippen LogP contribution in [0, 0.1) is 0 Å². The Balaban J connectivity index is 1.89. The number of benzene rings is 4. The highest BCUT2D eigenvalue weighted by Crippen LogP contribution is 2.14. The Kier molecular flexibility index (Phi) is 3.70. The van der Waals surface area contributed by atoms with Crippen LogP contribution in [0.2, 0.25) is 0 Å². The summed E-state index contributed by atoms with van der Waals surface area (Å²) in [5, 5.41) is 7.81. The zero-order chi connectivity index (χ0) is 15.6. The van der Waals surface area contributed by atoms with Crippen LogP contribution in [0.15, 0.2) is 84.9 Å². The van der Waals surface area contributed by atoms with Crippen molar-refractivity contribution in [2.45, 2.75) is 0 Å². The zero-order valence-corrected chi connectivity index (χ0v) is 14.2. The molecule has 0 aliphatic carbocycles. The summed E-state index contributed by atoms with van der Waals surface area (Å²) >= 11 is 0. The normalized spacial score (nSPS) is 12.6. The van der Waals surface area contributed by atoms with Crippen LogP contribution < -0.4 is 10.4 Å². The Morgan fingerprint density at radius 2 is 1.35 bits per heavy atom. The molecule has 2 heteroatoms. The fourth-order valence-corrected chi connectivity index (χ4v) is 5.61. The highest BCUT2D eigenvalue weighted by Gasteiger charge is 2.19. The van der Waals surface area contributed by atoms with Gasteiger partial charge in [0.25, 0.3) is 0 Å². The lowest BCUT2D eigenvalue weighted by Gasteiger charge is -2.17. The lowest BCUT2D eigenvalue weighted by atomic mass is 10.1. The van der Waals surface area contributed by atoms with E-state index in [9.17, 15) is 0 Å². The first-order valence-corrected chi connectivity index (χ1v) is 9.48. The van der Waals surface area contributed by atoms with Gasteiger partial charge in [-0.2, -0.15) is 0 Å². The first-order valence-electron chi connectivity index (χ1n) is 7.86. The Bertz CT molecular complexity index is 972. The van der Waals surface area contributed by atoms with E-state index in [4.69, 9.17) is 4.43 Å². The molecule has 4 rings (SSSR count). The van der Waals surface area contributed by atoms with Crippen molar-refractivity contribution >= 4 is 41.0 Å². The molecule has 1 atom stereocenters. The first kappa shape index (κ1) is 14.2. The quantitative estimate of drug-likeness (QED) is 0.526. The van der Waals surface area contributed by atoms with E-state index in [1.54, 1.807) is 0 Å².